The molecule has 9 heteroatoms. The quantitative estimate of drug-likeness (QED) is 0.412. The van der Waals surface area contributed by atoms with Gasteiger partial charge in [0.1, 0.15) is 11.6 Å². The normalized spacial score (nSPS) is 10.5. The van der Waals surface area contributed by atoms with Gasteiger partial charge in [-0.1, -0.05) is 12.1 Å². The van der Waals surface area contributed by atoms with Gasteiger partial charge in [0.2, 0.25) is 0 Å². The summed E-state index contributed by atoms with van der Waals surface area (Å²) in [5.74, 6) is 1.32. The van der Waals surface area contributed by atoms with Gasteiger partial charge in [-0.25, -0.2) is 4.98 Å². The Kier molecular flexibility index (Phi) is 6.04. The Hall–Kier alpha value is -3.98. The summed E-state index contributed by atoms with van der Waals surface area (Å²) >= 11 is 1.35. The van der Waals surface area contributed by atoms with Crippen LogP contribution in [0.3, 0.4) is 0 Å². The van der Waals surface area contributed by atoms with Gasteiger partial charge in [0.25, 0.3) is 11.8 Å². The van der Waals surface area contributed by atoms with Crippen LogP contribution in [0.25, 0.3) is 11.4 Å². The molecule has 156 valence electrons. The van der Waals surface area contributed by atoms with E-state index in [-0.39, 0.29) is 18.4 Å². The molecule has 31 heavy (non-hydrogen) atoms. The van der Waals surface area contributed by atoms with Crippen LogP contribution in [-0.2, 0) is 6.54 Å². The first-order valence-electron chi connectivity index (χ1n) is 9.41. The minimum Gasteiger partial charge on any atom is -0.497 e. The molecule has 3 N–H and O–H groups in total. The number of hydrogen-bond donors (Lipinski definition) is 3. The van der Waals surface area contributed by atoms with Crippen LogP contribution in [0.2, 0.25) is 0 Å². The van der Waals surface area contributed by atoms with Crippen molar-refractivity contribution < 1.29 is 14.3 Å². The predicted octanol–water partition coefficient (Wildman–Crippen LogP) is 3.72. The van der Waals surface area contributed by atoms with E-state index in [1.54, 1.807) is 37.4 Å². The first-order chi connectivity index (χ1) is 15.1. The molecule has 4 aromatic rings. The molecule has 4 rings (SSSR count). The molecule has 2 heterocycles. The van der Waals surface area contributed by atoms with Gasteiger partial charge in [-0.15, -0.1) is 11.3 Å². The smallest absolute Gasteiger partial charge is 0.265 e. The number of aromatic amines is 1. The second-order valence-electron chi connectivity index (χ2n) is 6.53. The van der Waals surface area contributed by atoms with Crippen molar-refractivity contribution in [3.63, 3.8) is 0 Å². The fourth-order valence-corrected chi connectivity index (χ4v) is 3.47. The van der Waals surface area contributed by atoms with E-state index in [4.69, 9.17) is 4.74 Å². The Morgan fingerprint density at radius 3 is 2.65 bits per heavy atom. The number of aromatic nitrogens is 3. The molecule has 0 saturated heterocycles. The lowest BCUT2D eigenvalue weighted by Crippen LogP contribution is -2.23. The molecule has 0 aliphatic heterocycles. The topological polar surface area (TPSA) is 109 Å². The van der Waals surface area contributed by atoms with Gasteiger partial charge in [0, 0.05) is 16.8 Å². The number of nitrogens with one attached hydrogen (secondary N) is 3. The number of amides is 2. The lowest BCUT2D eigenvalue weighted by atomic mass is 10.2. The maximum Gasteiger partial charge on any atom is 0.265 e. The molecule has 0 aliphatic rings. The number of rotatable bonds is 7. The summed E-state index contributed by atoms with van der Waals surface area (Å²) in [6.07, 6.45) is 0. The number of hydrogen-bond acceptors (Lipinski definition) is 6. The Morgan fingerprint density at radius 2 is 1.90 bits per heavy atom. The average molecular weight is 433 g/mol. The summed E-state index contributed by atoms with van der Waals surface area (Å²) in [4.78, 5) is 29.7. The van der Waals surface area contributed by atoms with Crippen molar-refractivity contribution in [2.75, 3.05) is 12.4 Å². The molecule has 0 atom stereocenters. The maximum atomic E-state index is 12.5. The van der Waals surface area contributed by atoms with Gasteiger partial charge >= 0.3 is 0 Å². The fraction of sp³-hybridized carbons (Fsp3) is 0.0909. The lowest BCUT2D eigenvalue weighted by Gasteiger charge is -2.07. The summed E-state index contributed by atoms with van der Waals surface area (Å²) in [5.41, 5.74) is 1.81. The number of carbonyl (C=O) groups is 2. The van der Waals surface area contributed by atoms with Gasteiger partial charge in [0.15, 0.2) is 5.82 Å². The molecule has 0 radical (unpaired) electrons. The van der Waals surface area contributed by atoms with E-state index in [2.05, 4.69) is 25.8 Å². The first-order valence-corrected chi connectivity index (χ1v) is 10.3. The molecule has 0 bridgehead atoms. The van der Waals surface area contributed by atoms with Crippen LogP contribution in [0.5, 0.6) is 5.75 Å². The standard InChI is InChI=1S/C22H19N5O3S/c1-30-17-9-7-14(8-10-17)20-25-19(26-27-20)13-23-21(28)15-4-2-5-16(12-15)24-22(29)18-6-3-11-31-18/h2-12H,13H2,1H3,(H,23,28)(H,24,29)(H,25,26,27). The number of benzene rings is 2. The third-order valence-corrected chi connectivity index (χ3v) is 5.29. The highest BCUT2D eigenvalue weighted by Crippen LogP contribution is 2.19. The van der Waals surface area contributed by atoms with Gasteiger partial charge in [-0.3, -0.25) is 14.7 Å². The van der Waals surface area contributed by atoms with Crippen molar-refractivity contribution in [1.82, 2.24) is 20.5 Å². The number of thiophene rings is 1. The fourth-order valence-electron chi connectivity index (χ4n) is 2.85. The van der Waals surface area contributed by atoms with Crippen LogP contribution in [0, 0.1) is 0 Å². The van der Waals surface area contributed by atoms with Crippen molar-refractivity contribution in [3.05, 3.63) is 82.3 Å². The average Bonchev–Trinajstić information content (AvgIpc) is 3.50. The molecule has 2 aromatic carbocycles. The van der Waals surface area contributed by atoms with E-state index in [1.807, 2.05) is 35.7 Å². The summed E-state index contributed by atoms with van der Waals surface area (Å²) in [6, 6.07) is 17.7. The number of anilines is 1. The zero-order valence-corrected chi connectivity index (χ0v) is 17.4. The third-order valence-electron chi connectivity index (χ3n) is 4.42. The van der Waals surface area contributed by atoms with Gasteiger partial charge < -0.3 is 15.4 Å². The zero-order valence-electron chi connectivity index (χ0n) is 16.6. The van der Waals surface area contributed by atoms with Gasteiger partial charge in [-0.2, -0.15) is 5.10 Å². The maximum absolute atomic E-state index is 12.5. The predicted molar refractivity (Wildman–Crippen MR) is 118 cm³/mol. The molecular formula is C22H19N5O3S. The molecule has 2 aromatic heterocycles. The number of carbonyl (C=O) groups excluding carboxylic acids is 2. The van der Waals surface area contributed by atoms with Crippen molar-refractivity contribution in [1.29, 1.82) is 0 Å². The Morgan fingerprint density at radius 1 is 1.06 bits per heavy atom. The van der Waals surface area contributed by atoms with Gasteiger partial charge in [0.05, 0.1) is 18.5 Å². The monoisotopic (exact) mass is 433 g/mol. The summed E-state index contributed by atoms with van der Waals surface area (Å²) < 4.78 is 5.15. The van der Waals surface area contributed by atoms with Crippen molar-refractivity contribution >= 4 is 28.8 Å². The molecular weight excluding hydrogens is 414 g/mol. The van der Waals surface area contributed by atoms with Crippen LogP contribution < -0.4 is 15.4 Å². The zero-order chi connectivity index (χ0) is 21.6. The molecule has 0 saturated carbocycles. The number of H-pyrrole nitrogens is 1. The second kappa shape index (κ2) is 9.23. The minimum absolute atomic E-state index is 0.188. The molecule has 0 aliphatic carbocycles. The molecule has 2 amide bonds. The van der Waals surface area contributed by atoms with E-state index in [0.29, 0.717) is 27.8 Å². The van der Waals surface area contributed by atoms with Crippen LogP contribution in [0.1, 0.15) is 25.9 Å². The SMILES string of the molecule is COc1ccc(-c2n[nH]c(CNC(=O)c3cccc(NC(=O)c4cccs4)c3)n2)cc1. The highest BCUT2D eigenvalue weighted by Gasteiger charge is 2.11. The van der Waals surface area contributed by atoms with E-state index in [1.165, 1.54) is 11.3 Å². The molecule has 0 fully saturated rings. The Bertz CT molecular complexity index is 1190. The number of ether oxygens (including phenoxy) is 1. The molecule has 8 nitrogen and oxygen atoms in total. The highest BCUT2D eigenvalue weighted by molar-refractivity contribution is 7.12. The van der Waals surface area contributed by atoms with Gasteiger partial charge in [-0.05, 0) is 53.9 Å². The van der Waals surface area contributed by atoms with E-state index >= 15 is 0 Å². The first kappa shape index (κ1) is 20.3. The van der Waals surface area contributed by atoms with Crippen LogP contribution >= 0.6 is 11.3 Å². The second-order valence-corrected chi connectivity index (χ2v) is 7.48. The number of methoxy groups -OCH3 is 1. The summed E-state index contributed by atoms with van der Waals surface area (Å²) in [5, 5.41) is 14.5. The van der Waals surface area contributed by atoms with Crippen molar-refractivity contribution in [3.8, 4) is 17.1 Å². The minimum atomic E-state index is -0.283. The molecule has 0 unspecified atom stereocenters. The highest BCUT2D eigenvalue weighted by atomic mass is 32.1. The number of nitrogens with zero attached hydrogens (tertiary/aromatic N) is 2. The van der Waals surface area contributed by atoms with E-state index < -0.39 is 0 Å². The van der Waals surface area contributed by atoms with E-state index in [9.17, 15) is 9.59 Å². The summed E-state index contributed by atoms with van der Waals surface area (Å²) in [6.45, 7) is 0.188. The van der Waals surface area contributed by atoms with Crippen LogP contribution in [-0.4, -0.2) is 34.1 Å². The largest absolute Gasteiger partial charge is 0.497 e. The van der Waals surface area contributed by atoms with Crippen LogP contribution in [0.15, 0.2) is 66.0 Å². The molecule has 0 spiro atoms. The van der Waals surface area contributed by atoms with Crippen molar-refractivity contribution in [2.45, 2.75) is 6.54 Å². The Balaban J connectivity index is 1.36. The third kappa shape index (κ3) is 4.96. The van der Waals surface area contributed by atoms with Crippen LogP contribution in [0.4, 0.5) is 5.69 Å². The van der Waals surface area contributed by atoms with Crippen molar-refractivity contribution in [2.24, 2.45) is 0 Å². The lowest BCUT2D eigenvalue weighted by molar-refractivity contribution is 0.0948. The Labute approximate surface area is 182 Å². The van der Waals surface area contributed by atoms with E-state index in [0.717, 1.165) is 11.3 Å². The summed E-state index contributed by atoms with van der Waals surface area (Å²) in [7, 11) is 1.61.